The number of aryl methyl sites for hydroxylation is 1. The molecule has 31 heavy (non-hydrogen) atoms. The summed E-state index contributed by atoms with van der Waals surface area (Å²) in [5, 5.41) is 12.5. The van der Waals surface area contributed by atoms with Crippen molar-refractivity contribution in [3.05, 3.63) is 84.4 Å². The summed E-state index contributed by atoms with van der Waals surface area (Å²) in [4.78, 5) is 13.7. The summed E-state index contributed by atoms with van der Waals surface area (Å²) in [6.07, 6.45) is 2.01. The lowest BCUT2D eigenvalue weighted by molar-refractivity contribution is -0.113. The fourth-order valence-corrected chi connectivity index (χ4v) is 4.30. The van der Waals surface area contributed by atoms with Crippen LogP contribution in [0.25, 0.3) is 17.1 Å². The lowest BCUT2D eigenvalue weighted by atomic mass is 10.1. The number of nitrogens with one attached hydrogen (secondary N) is 1. The van der Waals surface area contributed by atoms with E-state index in [9.17, 15) is 4.79 Å². The van der Waals surface area contributed by atoms with E-state index in [0.717, 1.165) is 27.7 Å². The van der Waals surface area contributed by atoms with Gasteiger partial charge in [-0.2, -0.15) is 0 Å². The Balaban J connectivity index is 1.56. The predicted molar refractivity (Wildman–Crippen MR) is 129 cm³/mol. The van der Waals surface area contributed by atoms with Gasteiger partial charge in [0.05, 0.1) is 5.75 Å². The topological polar surface area (TPSA) is 59.8 Å². The molecule has 4 aromatic rings. The number of thioether (sulfide) groups is 2. The number of hydrogen-bond donors (Lipinski definition) is 1. The van der Waals surface area contributed by atoms with E-state index in [4.69, 9.17) is 0 Å². The number of nitrogens with zero attached hydrogens (tertiary/aromatic N) is 3. The molecular formula is C24H22N4OS2. The molecular weight excluding hydrogens is 424 g/mol. The second-order valence-electron chi connectivity index (χ2n) is 6.91. The molecule has 0 bridgehead atoms. The van der Waals surface area contributed by atoms with Crippen LogP contribution in [-0.4, -0.2) is 32.7 Å². The Labute approximate surface area is 190 Å². The van der Waals surface area contributed by atoms with Gasteiger partial charge in [-0.1, -0.05) is 65.9 Å². The molecule has 5 nitrogen and oxygen atoms in total. The van der Waals surface area contributed by atoms with Gasteiger partial charge in [0.25, 0.3) is 0 Å². The number of para-hydroxylation sites is 1. The van der Waals surface area contributed by atoms with Crippen LogP contribution in [0.1, 0.15) is 5.56 Å². The summed E-state index contributed by atoms with van der Waals surface area (Å²) in [5.74, 6) is 0.909. The molecule has 0 saturated heterocycles. The Morgan fingerprint density at radius 3 is 2.48 bits per heavy atom. The summed E-state index contributed by atoms with van der Waals surface area (Å²) in [7, 11) is 0. The standard InChI is InChI=1S/C24H22N4OS2/c1-17-11-13-18(14-12-17)23-26-27-24(28(23)20-8-4-3-5-9-20)31-16-22(29)25-19-7-6-10-21(15-19)30-2/h3-15H,16H2,1-2H3,(H,25,29). The minimum atomic E-state index is -0.0808. The average molecular weight is 447 g/mol. The molecule has 1 N–H and O–H groups in total. The van der Waals surface area contributed by atoms with E-state index in [0.29, 0.717) is 5.16 Å². The number of carbonyl (C=O) groups is 1. The molecule has 0 fully saturated rings. The third-order valence-corrected chi connectivity index (χ3v) is 6.30. The SMILES string of the molecule is CSc1cccc(NC(=O)CSc2nnc(-c3ccc(C)cc3)n2-c2ccccc2)c1. The Bertz CT molecular complexity index is 1170. The highest BCUT2D eigenvalue weighted by Gasteiger charge is 2.17. The van der Waals surface area contributed by atoms with Gasteiger partial charge in [0.15, 0.2) is 11.0 Å². The van der Waals surface area contributed by atoms with Gasteiger partial charge in [0.2, 0.25) is 5.91 Å². The molecule has 4 rings (SSSR count). The number of carbonyl (C=O) groups excluding carboxylic acids is 1. The number of anilines is 1. The Morgan fingerprint density at radius 1 is 0.968 bits per heavy atom. The summed E-state index contributed by atoms with van der Waals surface area (Å²) in [6, 6.07) is 26.0. The van der Waals surface area contributed by atoms with Gasteiger partial charge >= 0.3 is 0 Å². The van der Waals surface area contributed by atoms with Crippen LogP contribution in [0.4, 0.5) is 5.69 Å². The van der Waals surface area contributed by atoms with E-state index in [1.54, 1.807) is 11.8 Å². The molecule has 0 saturated carbocycles. The highest BCUT2D eigenvalue weighted by molar-refractivity contribution is 7.99. The maximum atomic E-state index is 12.6. The normalized spacial score (nSPS) is 10.8. The molecule has 1 heterocycles. The molecule has 1 amide bonds. The third kappa shape index (κ3) is 5.18. The zero-order valence-corrected chi connectivity index (χ0v) is 18.9. The summed E-state index contributed by atoms with van der Waals surface area (Å²) < 4.78 is 2.00. The van der Waals surface area contributed by atoms with Crippen molar-refractivity contribution in [2.45, 2.75) is 17.0 Å². The van der Waals surface area contributed by atoms with Crippen LogP contribution in [0.5, 0.6) is 0 Å². The number of aromatic nitrogens is 3. The number of amides is 1. The van der Waals surface area contributed by atoms with Crippen LogP contribution in [0.15, 0.2) is 88.9 Å². The molecule has 156 valence electrons. The monoisotopic (exact) mass is 446 g/mol. The van der Waals surface area contributed by atoms with Crippen molar-refractivity contribution in [1.82, 2.24) is 14.8 Å². The summed E-state index contributed by atoms with van der Waals surface area (Å²) in [5.41, 5.74) is 3.92. The van der Waals surface area contributed by atoms with Crippen LogP contribution in [-0.2, 0) is 4.79 Å². The van der Waals surface area contributed by atoms with Crippen LogP contribution in [0.2, 0.25) is 0 Å². The maximum absolute atomic E-state index is 12.6. The second kappa shape index (κ2) is 9.85. The van der Waals surface area contributed by atoms with Crippen LogP contribution >= 0.6 is 23.5 Å². The molecule has 0 aliphatic rings. The molecule has 0 spiro atoms. The quantitative estimate of drug-likeness (QED) is 0.369. The van der Waals surface area contributed by atoms with Gasteiger partial charge in [0, 0.05) is 21.8 Å². The van der Waals surface area contributed by atoms with E-state index in [-0.39, 0.29) is 11.7 Å². The van der Waals surface area contributed by atoms with Crippen molar-refractivity contribution in [2.75, 3.05) is 17.3 Å². The predicted octanol–water partition coefficient (Wildman–Crippen LogP) is 5.70. The first-order valence-corrected chi connectivity index (χ1v) is 12.0. The molecule has 7 heteroatoms. The number of rotatable bonds is 7. The molecule has 1 aromatic heterocycles. The van der Waals surface area contributed by atoms with Gasteiger partial charge in [-0.05, 0) is 43.5 Å². The maximum Gasteiger partial charge on any atom is 0.234 e. The first-order valence-electron chi connectivity index (χ1n) is 9.78. The average Bonchev–Trinajstić information content (AvgIpc) is 3.23. The highest BCUT2D eigenvalue weighted by atomic mass is 32.2. The van der Waals surface area contributed by atoms with E-state index >= 15 is 0 Å². The minimum Gasteiger partial charge on any atom is -0.325 e. The van der Waals surface area contributed by atoms with E-state index in [2.05, 4.69) is 34.6 Å². The van der Waals surface area contributed by atoms with E-state index < -0.39 is 0 Å². The molecule has 0 aliphatic heterocycles. The van der Waals surface area contributed by atoms with Crippen molar-refractivity contribution >= 4 is 35.1 Å². The smallest absolute Gasteiger partial charge is 0.234 e. The first kappa shape index (κ1) is 21.2. The van der Waals surface area contributed by atoms with Crippen LogP contribution in [0, 0.1) is 6.92 Å². The third-order valence-electron chi connectivity index (χ3n) is 4.64. The summed E-state index contributed by atoms with van der Waals surface area (Å²) in [6.45, 7) is 2.06. The number of hydrogen-bond acceptors (Lipinski definition) is 5. The Morgan fingerprint density at radius 2 is 1.74 bits per heavy atom. The molecule has 0 aliphatic carbocycles. The lowest BCUT2D eigenvalue weighted by Crippen LogP contribution is -2.14. The van der Waals surface area contributed by atoms with Gasteiger partial charge < -0.3 is 5.32 Å². The Hall–Kier alpha value is -3.03. The van der Waals surface area contributed by atoms with Crippen molar-refractivity contribution < 1.29 is 4.79 Å². The van der Waals surface area contributed by atoms with Crippen LogP contribution < -0.4 is 5.32 Å². The van der Waals surface area contributed by atoms with Gasteiger partial charge in [-0.15, -0.1) is 22.0 Å². The fraction of sp³-hybridized carbons (Fsp3) is 0.125. The lowest BCUT2D eigenvalue weighted by Gasteiger charge is -2.11. The first-order chi connectivity index (χ1) is 15.1. The van der Waals surface area contributed by atoms with Gasteiger partial charge in [0.1, 0.15) is 0 Å². The fourth-order valence-electron chi connectivity index (χ4n) is 3.09. The van der Waals surface area contributed by atoms with Crippen molar-refractivity contribution in [1.29, 1.82) is 0 Å². The van der Waals surface area contributed by atoms with E-state index in [1.165, 1.54) is 17.3 Å². The molecule has 0 radical (unpaired) electrons. The van der Waals surface area contributed by atoms with Crippen molar-refractivity contribution in [3.8, 4) is 17.1 Å². The summed E-state index contributed by atoms with van der Waals surface area (Å²) >= 11 is 3.01. The highest BCUT2D eigenvalue weighted by Crippen LogP contribution is 2.28. The minimum absolute atomic E-state index is 0.0808. The molecule has 3 aromatic carbocycles. The van der Waals surface area contributed by atoms with Crippen molar-refractivity contribution in [3.63, 3.8) is 0 Å². The zero-order valence-electron chi connectivity index (χ0n) is 17.3. The Kier molecular flexibility index (Phi) is 6.74. The van der Waals surface area contributed by atoms with E-state index in [1.807, 2.05) is 77.6 Å². The zero-order chi connectivity index (χ0) is 21.6. The molecule has 0 unspecified atom stereocenters. The van der Waals surface area contributed by atoms with Crippen molar-refractivity contribution in [2.24, 2.45) is 0 Å². The van der Waals surface area contributed by atoms with Crippen LogP contribution in [0.3, 0.4) is 0 Å². The second-order valence-corrected chi connectivity index (χ2v) is 8.73. The molecule has 0 atom stereocenters. The van der Waals surface area contributed by atoms with Gasteiger partial charge in [-0.3, -0.25) is 9.36 Å². The number of benzene rings is 3. The van der Waals surface area contributed by atoms with Gasteiger partial charge in [-0.25, -0.2) is 0 Å². The largest absolute Gasteiger partial charge is 0.325 e.